The Bertz CT molecular complexity index is 1320. The molecule has 3 aromatic rings. The third-order valence-corrected chi connectivity index (χ3v) is 6.34. The molecule has 0 spiro atoms. The summed E-state index contributed by atoms with van der Waals surface area (Å²) in [6.07, 6.45) is 3.70. The highest BCUT2D eigenvalue weighted by atomic mass is 32.2. The predicted molar refractivity (Wildman–Crippen MR) is 127 cm³/mol. The molecule has 0 amide bonds. The van der Waals surface area contributed by atoms with E-state index in [2.05, 4.69) is 27.8 Å². The number of hydrogen-bond donors (Lipinski definition) is 0. The lowest BCUT2D eigenvalue weighted by molar-refractivity contribution is 0.414. The second-order valence-electron chi connectivity index (χ2n) is 7.74. The number of benzene rings is 3. The number of ether oxygens (including phenoxy) is 1. The van der Waals surface area contributed by atoms with Gasteiger partial charge in [-0.2, -0.15) is 0 Å². The molecule has 0 saturated heterocycles. The van der Waals surface area contributed by atoms with Crippen molar-refractivity contribution < 1.29 is 13.2 Å². The zero-order valence-electron chi connectivity index (χ0n) is 18.1. The molecule has 1 aliphatic heterocycles. The Balaban J connectivity index is 1.43. The molecule has 0 radical (unpaired) electrons. The SMILES string of the molecule is COc1cccc(CC#Cc2ccc3c(c2)CN(Cc2ccc(S(C)(=O)=O)cc2)C=N3)c1. The van der Waals surface area contributed by atoms with Crippen LogP contribution in [0.3, 0.4) is 0 Å². The van der Waals surface area contributed by atoms with Crippen LogP contribution in [0.4, 0.5) is 5.69 Å². The van der Waals surface area contributed by atoms with Crippen LogP contribution in [-0.4, -0.2) is 33.0 Å². The van der Waals surface area contributed by atoms with Crippen molar-refractivity contribution in [2.45, 2.75) is 24.4 Å². The molecule has 1 heterocycles. The zero-order valence-corrected chi connectivity index (χ0v) is 18.9. The molecule has 0 aromatic heterocycles. The van der Waals surface area contributed by atoms with Gasteiger partial charge in [-0.15, -0.1) is 0 Å². The summed E-state index contributed by atoms with van der Waals surface area (Å²) in [6, 6.07) is 21.0. The number of hydrogen-bond acceptors (Lipinski definition) is 5. The van der Waals surface area contributed by atoms with Crippen LogP contribution in [0, 0.1) is 11.8 Å². The fourth-order valence-electron chi connectivity index (χ4n) is 3.52. The number of rotatable bonds is 5. The third kappa shape index (κ3) is 5.37. The van der Waals surface area contributed by atoms with Gasteiger partial charge < -0.3 is 9.64 Å². The smallest absolute Gasteiger partial charge is 0.175 e. The number of sulfone groups is 1. The fourth-order valence-corrected chi connectivity index (χ4v) is 4.15. The first kappa shape index (κ1) is 21.7. The molecule has 0 atom stereocenters. The zero-order chi connectivity index (χ0) is 22.6. The van der Waals surface area contributed by atoms with Crippen molar-refractivity contribution in [3.8, 4) is 17.6 Å². The minimum Gasteiger partial charge on any atom is -0.497 e. The molecule has 0 fully saturated rings. The van der Waals surface area contributed by atoms with Crippen molar-refractivity contribution in [3.05, 3.63) is 89.0 Å². The van der Waals surface area contributed by atoms with Gasteiger partial charge in [0.15, 0.2) is 9.84 Å². The average molecular weight is 445 g/mol. The lowest BCUT2D eigenvalue weighted by atomic mass is 10.1. The molecule has 162 valence electrons. The summed E-state index contributed by atoms with van der Waals surface area (Å²) in [6.45, 7) is 1.37. The molecule has 0 saturated carbocycles. The van der Waals surface area contributed by atoms with Gasteiger partial charge in [0.2, 0.25) is 0 Å². The van der Waals surface area contributed by atoms with Gasteiger partial charge in [0.25, 0.3) is 0 Å². The van der Waals surface area contributed by atoms with Crippen LogP contribution in [0.5, 0.6) is 5.75 Å². The predicted octanol–water partition coefficient (Wildman–Crippen LogP) is 4.37. The number of nitrogens with zero attached hydrogens (tertiary/aromatic N) is 2. The fraction of sp³-hybridized carbons (Fsp3) is 0.192. The maximum Gasteiger partial charge on any atom is 0.175 e. The van der Waals surface area contributed by atoms with Gasteiger partial charge >= 0.3 is 0 Å². The van der Waals surface area contributed by atoms with E-state index in [1.54, 1.807) is 19.2 Å². The number of methoxy groups -OCH3 is 1. The largest absolute Gasteiger partial charge is 0.497 e. The second kappa shape index (κ2) is 9.29. The van der Waals surface area contributed by atoms with Gasteiger partial charge in [0.05, 0.1) is 24.0 Å². The van der Waals surface area contributed by atoms with Crippen LogP contribution in [0.25, 0.3) is 0 Å². The summed E-state index contributed by atoms with van der Waals surface area (Å²) < 4.78 is 28.5. The van der Waals surface area contributed by atoms with Crippen molar-refractivity contribution >= 4 is 21.9 Å². The second-order valence-corrected chi connectivity index (χ2v) is 9.75. The standard InChI is InChI=1S/C26H24N2O3S/c1-31-24-8-4-7-20(16-24)5-3-6-21-11-14-26-23(15-21)18-28(19-27-26)17-22-9-12-25(13-10-22)32(2,29)30/h4,7-16,19H,5,17-18H2,1-2H3. The Hall–Kier alpha value is -3.56. The molecular formula is C26H24N2O3S. The van der Waals surface area contributed by atoms with Crippen molar-refractivity contribution in [3.63, 3.8) is 0 Å². The van der Waals surface area contributed by atoms with Crippen LogP contribution < -0.4 is 4.74 Å². The van der Waals surface area contributed by atoms with Crippen molar-refractivity contribution in [1.29, 1.82) is 0 Å². The Kier molecular flexibility index (Phi) is 6.29. The summed E-state index contributed by atoms with van der Waals surface area (Å²) in [4.78, 5) is 6.99. The van der Waals surface area contributed by atoms with E-state index in [1.807, 2.05) is 54.9 Å². The van der Waals surface area contributed by atoms with E-state index in [0.29, 0.717) is 17.9 Å². The van der Waals surface area contributed by atoms with E-state index in [0.717, 1.165) is 40.2 Å². The van der Waals surface area contributed by atoms with Gasteiger partial charge in [-0.1, -0.05) is 36.1 Å². The highest BCUT2D eigenvalue weighted by Gasteiger charge is 2.13. The molecule has 4 rings (SSSR count). The molecule has 0 aliphatic carbocycles. The van der Waals surface area contributed by atoms with E-state index >= 15 is 0 Å². The number of fused-ring (bicyclic) bond motifs is 1. The molecule has 0 bridgehead atoms. The molecule has 0 unspecified atom stereocenters. The molecule has 5 nitrogen and oxygen atoms in total. The van der Waals surface area contributed by atoms with Crippen LogP contribution >= 0.6 is 0 Å². The van der Waals surface area contributed by atoms with E-state index in [-0.39, 0.29) is 0 Å². The minimum atomic E-state index is -3.19. The lowest BCUT2D eigenvalue weighted by Gasteiger charge is -2.24. The number of aliphatic imine (C=N–C) groups is 1. The Labute approximate surface area is 189 Å². The van der Waals surface area contributed by atoms with E-state index < -0.39 is 9.84 Å². The van der Waals surface area contributed by atoms with Crippen LogP contribution in [0.15, 0.2) is 76.6 Å². The summed E-state index contributed by atoms with van der Waals surface area (Å²) >= 11 is 0. The van der Waals surface area contributed by atoms with Gasteiger partial charge in [-0.05, 0) is 59.2 Å². The van der Waals surface area contributed by atoms with Gasteiger partial charge in [-0.3, -0.25) is 0 Å². The summed E-state index contributed by atoms with van der Waals surface area (Å²) in [5.41, 5.74) is 5.18. The minimum absolute atomic E-state index is 0.330. The molecule has 0 N–H and O–H groups in total. The van der Waals surface area contributed by atoms with Gasteiger partial charge in [-0.25, -0.2) is 13.4 Å². The van der Waals surface area contributed by atoms with Crippen LogP contribution in [0.1, 0.15) is 22.3 Å². The maximum absolute atomic E-state index is 11.6. The molecule has 3 aromatic carbocycles. The van der Waals surface area contributed by atoms with Crippen molar-refractivity contribution in [2.75, 3.05) is 13.4 Å². The molecule has 1 aliphatic rings. The van der Waals surface area contributed by atoms with Gasteiger partial charge in [0, 0.05) is 31.3 Å². The Morgan fingerprint density at radius 2 is 1.84 bits per heavy atom. The van der Waals surface area contributed by atoms with Crippen molar-refractivity contribution in [1.82, 2.24) is 4.90 Å². The monoisotopic (exact) mass is 444 g/mol. The topological polar surface area (TPSA) is 59.0 Å². The van der Waals surface area contributed by atoms with Crippen molar-refractivity contribution in [2.24, 2.45) is 4.99 Å². The normalized spacial score (nSPS) is 12.6. The molecule has 6 heteroatoms. The first-order valence-electron chi connectivity index (χ1n) is 10.2. The summed E-state index contributed by atoms with van der Waals surface area (Å²) in [5.74, 6) is 7.32. The molecule has 32 heavy (non-hydrogen) atoms. The average Bonchev–Trinajstić information content (AvgIpc) is 2.79. The highest BCUT2D eigenvalue weighted by molar-refractivity contribution is 7.90. The quantitative estimate of drug-likeness (QED) is 0.549. The Morgan fingerprint density at radius 3 is 2.59 bits per heavy atom. The third-order valence-electron chi connectivity index (χ3n) is 5.21. The van der Waals surface area contributed by atoms with E-state index in [9.17, 15) is 8.42 Å². The van der Waals surface area contributed by atoms with Gasteiger partial charge in [0.1, 0.15) is 5.75 Å². The summed E-state index contributed by atoms with van der Waals surface area (Å²) in [7, 11) is -1.52. The highest BCUT2D eigenvalue weighted by Crippen LogP contribution is 2.26. The Morgan fingerprint density at radius 1 is 1.03 bits per heavy atom. The van der Waals surface area contributed by atoms with E-state index in [4.69, 9.17) is 4.74 Å². The first-order valence-corrected chi connectivity index (χ1v) is 12.1. The van der Waals surface area contributed by atoms with Crippen LogP contribution in [0.2, 0.25) is 0 Å². The van der Waals surface area contributed by atoms with E-state index in [1.165, 1.54) is 6.26 Å². The first-order chi connectivity index (χ1) is 15.4. The summed E-state index contributed by atoms with van der Waals surface area (Å²) in [5, 5.41) is 0. The molecular weight excluding hydrogens is 420 g/mol. The lowest BCUT2D eigenvalue weighted by Crippen LogP contribution is -2.23. The maximum atomic E-state index is 11.6. The van der Waals surface area contributed by atoms with Crippen LogP contribution in [-0.2, 0) is 29.3 Å².